The van der Waals surface area contributed by atoms with Crippen molar-refractivity contribution >= 4 is 23.4 Å². The molecule has 0 spiro atoms. The summed E-state index contributed by atoms with van der Waals surface area (Å²) in [6.07, 6.45) is 0. The molecule has 9 heteroatoms. The number of anilines is 1. The van der Waals surface area contributed by atoms with Crippen molar-refractivity contribution < 1.29 is 19.4 Å². The second-order valence-electron chi connectivity index (χ2n) is 4.79. The molecule has 0 aromatic heterocycles. The molecule has 0 saturated carbocycles. The molecular formula is C16H14N5O4-. The first-order chi connectivity index (χ1) is 12.0. The molecule has 2 aromatic rings. The molecule has 4 N–H and O–H groups in total. The van der Waals surface area contributed by atoms with E-state index in [0.29, 0.717) is 17.0 Å². The maximum Gasteiger partial charge on any atom is 0.335 e. The van der Waals surface area contributed by atoms with E-state index in [1.807, 2.05) is 0 Å². The number of amides is 1. The highest BCUT2D eigenvalue weighted by atomic mass is 16.5. The van der Waals surface area contributed by atoms with Gasteiger partial charge in [-0.05, 0) is 48.5 Å². The van der Waals surface area contributed by atoms with Crippen LogP contribution >= 0.6 is 0 Å². The lowest BCUT2D eigenvalue weighted by molar-refractivity contribution is 0.0696. The minimum atomic E-state index is -1.04. The lowest BCUT2D eigenvalue weighted by Gasteiger charge is -2.08. The number of amidine groups is 1. The SMILES string of the molecule is N=N/C(COc1ccc(C(=O)Nc2ccc(C(=O)O)cc2)cc1)=N\[NH-]. The molecule has 128 valence electrons. The van der Waals surface area contributed by atoms with E-state index in [9.17, 15) is 9.59 Å². The Labute approximate surface area is 142 Å². The molecule has 0 heterocycles. The van der Waals surface area contributed by atoms with E-state index in [2.05, 4.69) is 15.5 Å². The van der Waals surface area contributed by atoms with Gasteiger partial charge in [-0.1, -0.05) is 0 Å². The Morgan fingerprint density at radius 3 is 2.20 bits per heavy atom. The lowest BCUT2D eigenvalue weighted by atomic mass is 10.2. The highest BCUT2D eigenvalue weighted by Gasteiger charge is 2.08. The lowest BCUT2D eigenvalue weighted by Crippen LogP contribution is -2.12. The number of nitrogens with one attached hydrogen (secondary N) is 3. The minimum Gasteiger partial charge on any atom is -0.615 e. The Balaban J connectivity index is 1.97. The summed E-state index contributed by atoms with van der Waals surface area (Å²) in [5, 5.41) is 17.5. The zero-order valence-corrected chi connectivity index (χ0v) is 12.9. The first-order valence-electron chi connectivity index (χ1n) is 7.02. The van der Waals surface area contributed by atoms with Gasteiger partial charge >= 0.3 is 5.97 Å². The minimum absolute atomic E-state index is 0.0772. The predicted octanol–water partition coefficient (Wildman–Crippen LogP) is 3.41. The average molecular weight is 340 g/mol. The third kappa shape index (κ3) is 4.86. The molecule has 1 amide bonds. The third-order valence-electron chi connectivity index (χ3n) is 3.13. The van der Waals surface area contributed by atoms with Crippen molar-refractivity contribution in [2.75, 3.05) is 11.9 Å². The summed E-state index contributed by atoms with van der Waals surface area (Å²) in [5.41, 5.74) is 7.76. The summed E-state index contributed by atoms with van der Waals surface area (Å²) in [5.74, 6) is 5.73. The first kappa shape index (κ1) is 17.6. The standard InChI is InChI=1S/C16H15N5O4/c17-20-14(21-18)9-25-13-7-3-10(4-8-13)15(22)19-12-5-1-11(2-6-12)16(23)24/h1-8H,9H2,(H5,17,18,19,22,23,24)/p-1. The second-order valence-corrected chi connectivity index (χ2v) is 4.79. The van der Waals surface area contributed by atoms with Gasteiger partial charge in [-0.3, -0.25) is 4.79 Å². The first-order valence-corrected chi connectivity index (χ1v) is 7.02. The molecule has 25 heavy (non-hydrogen) atoms. The molecule has 0 bridgehead atoms. The van der Waals surface area contributed by atoms with Crippen LogP contribution in [0.2, 0.25) is 0 Å². The Morgan fingerprint density at radius 1 is 1.08 bits per heavy atom. The van der Waals surface area contributed by atoms with E-state index in [-0.39, 0.29) is 23.9 Å². The summed E-state index contributed by atoms with van der Waals surface area (Å²) < 4.78 is 5.29. The topological polar surface area (TPSA) is 148 Å². The summed E-state index contributed by atoms with van der Waals surface area (Å²) in [6.45, 7) is -0.117. The molecule has 0 aliphatic rings. The summed E-state index contributed by atoms with van der Waals surface area (Å²) in [4.78, 5) is 22.9. The molecule has 0 unspecified atom stereocenters. The van der Waals surface area contributed by atoms with Gasteiger partial charge in [0.15, 0.2) is 5.84 Å². The van der Waals surface area contributed by atoms with Crippen LogP contribution in [0.25, 0.3) is 5.84 Å². The number of carbonyl (C=O) groups is 2. The van der Waals surface area contributed by atoms with E-state index in [1.165, 1.54) is 24.3 Å². The number of hydrogen-bond donors (Lipinski definition) is 3. The second kappa shape index (κ2) is 8.20. The van der Waals surface area contributed by atoms with Crippen molar-refractivity contribution in [2.24, 2.45) is 10.2 Å². The van der Waals surface area contributed by atoms with Crippen molar-refractivity contribution in [1.82, 2.24) is 0 Å². The van der Waals surface area contributed by atoms with Crippen LogP contribution in [-0.4, -0.2) is 29.4 Å². The Hall–Kier alpha value is -3.75. The Bertz CT molecular complexity index is 800. The van der Waals surface area contributed by atoms with Crippen LogP contribution in [0.1, 0.15) is 20.7 Å². The van der Waals surface area contributed by atoms with E-state index in [1.54, 1.807) is 24.3 Å². The van der Waals surface area contributed by atoms with Crippen LogP contribution in [0, 0.1) is 5.53 Å². The predicted molar refractivity (Wildman–Crippen MR) is 90.2 cm³/mol. The normalized spacial score (nSPS) is 10.8. The number of hydrogen-bond acceptors (Lipinski definition) is 5. The zero-order chi connectivity index (χ0) is 18.2. The van der Waals surface area contributed by atoms with Crippen molar-refractivity contribution in [3.63, 3.8) is 0 Å². The van der Waals surface area contributed by atoms with Crippen molar-refractivity contribution in [2.45, 2.75) is 0 Å². The molecule has 0 aliphatic heterocycles. The van der Waals surface area contributed by atoms with E-state index >= 15 is 0 Å². The van der Waals surface area contributed by atoms with Gasteiger partial charge in [-0.15, -0.1) is 5.11 Å². The van der Waals surface area contributed by atoms with E-state index in [4.69, 9.17) is 21.2 Å². The number of carboxylic acid groups (broad SMARTS) is 1. The monoisotopic (exact) mass is 340 g/mol. The number of carboxylic acids is 1. The number of aromatic carboxylic acids is 1. The third-order valence-corrected chi connectivity index (χ3v) is 3.13. The van der Waals surface area contributed by atoms with Gasteiger partial charge in [0.1, 0.15) is 12.4 Å². The molecule has 2 rings (SSSR count). The van der Waals surface area contributed by atoms with Crippen LogP contribution in [-0.2, 0) is 0 Å². The van der Waals surface area contributed by atoms with Gasteiger partial charge < -0.3 is 26.1 Å². The number of ether oxygens (including phenoxy) is 1. The van der Waals surface area contributed by atoms with Crippen LogP contribution in [0.4, 0.5) is 5.69 Å². The molecule has 0 fully saturated rings. The van der Waals surface area contributed by atoms with E-state index < -0.39 is 5.97 Å². The molecular weight excluding hydrogens is 326 g/mol. The molecule has 2 aromatic carbocycles. The molecule has 9 nitrogen and oxygen atoms in total. The fourth-order valence-corrected chi connectivity index (χ4v) is 1.84. The van der Waals surface area contributed by atoms with Crippen molar-refractivity contribution in [3.05, 3.63) is 65.5 Å². The number of benzene rings is 2. The average Bonchev–Trinajstić information content (AvgIpc) is 2.63. The summed E-state index contributed by atoms with van der Waals surface area (Å²) in [6, 6.07) is 12.0. The highest BCUT2D eigenvalue weighted by Crippen LogP contribution is 2.15. The van der Waals surface area contributed by atoms with Crippen LogP contribution in [0.5, 0.6) is 5.75 Å². The van der Waals surface area contributed by atoms with Crippen LogP contribution < -0.4 is 10.1 Å². The molecule has 0 aliphatic carbocycles. The number of carbonyl (C=O) groups excluding carboxylic acids is 1. The van der Waals surface area contributed by atoms with Gasteiger partial charge in [0.05, 0.1) is 5.56 Å². The number of rotatable bonds is 6. The van der Waals surface area contributed by atoms with Crippen molar-refractivity contribution in [3.8, 4) is 5.75 Å². The summed E-state index contributed by atoms with van der Waals surface area (Å²) >= 11 is 0. The maximum atomic E-state index is 12.2. The molecule has 0 atom stereocenters. The van der Waals surface area contributed by atoms with Gasteiger partial charge in [0.2, 0.25) is 0 Å². The smallest absolute Gasteiger partial charge is 0.335 e. The molecule has 0 saturated heterocycles. The maximum absolute atomic E-state index is 12.2. The molecule has 0 radical (unpaired) electrons. The zero-order valence-electron chi connectivity index (χ0n) is 12.9. The van der Waals surface area contributed by atoms with Gasteiger partial charge in [-0.25, -0.2) is 10.3 Å². The van der Waals surface area contributed by atoms with Crippen LogP contribution in [0.3, 0.4) is 0 Å². The Kier molecular flexibility index (Phi) is 5.77. The highest BCUT2D eigenvalue weighted by molar-refractivity contribution is 6.04. The van der Waals surface area contributed by atoms with Gasteiger partial charge in [0.25, 0.3) is 5.91 Å². The van der Waals surface area contributed by atoms with Gasteiger partial charge in [0, 0.05) is 11.3 Å². The van der Waals surface area contributed by atoms with E-state index in [0.717, 1.165) is 0 Å². The summed E-state index contributed by atoms with van der Waals surface area (Å²) in [7, 11) is 0. The van der Waals surface area contributed by atoms with Crippen LogP contribution in [0.15, 0.2) is 58.7 Å². The fraction of sp³-hybridized carbons (Fsp3) is 0.0625. The van der Waals surface area contributed by atoms with Crippen molar-refractivity contribution in [1.29, 1.82) is 5.53 Å². The quantitative estimate of drug-likeness (QED) is 0.320. The largest absolute Gasteiger partial charge is 0.615 e. The van der Waals surface area contributed by atoms with Gasteiger partial charge in [-0.2, -0.15) is 0 Å². The number of nitrogens with zero attached hydrogens (tertiary/aromatic N) is 2. The Morgan fingerprint density at radius 2 is 1.68 bits per heavy atom. The fourth-order valence-electron chi connectivity index (χ4n) is 1.84.